The third kappa shape index (κ3) is 15.5. The minimum atomic E-state index is 0.124. The summed E-state index contributed by atoms with van der Waals surface area (Å²) in [5, 5.41) is 7.95. The van der Waals surface area contributed by atoms with Gasteiger partial charge < -0.3 is 10.6 Å². The molecule has 0 atom stereocenters. The lowest BCUT2D eigenvalue weighted by Gasteiger charge is -2.06. The Morgan fingerprint density at radius 2 is 1.09 bits per heavy atom. The molecule has 0 aromatic carbocycles. The van der Waals surface area contributed by atoms with Crippen LogP contribution in [0.2, 0.25) is 0 Å². The van der Waals surface area contributed by atoms with Gasteiger partial charge in [-0.2, -0.15) is 0 Å². The third-order valence-electron chi connectivity index (χ3n) is 4.64. The summed E-state index contributed by atoms with van der Waals surface area (Å²) < 4.78 is 0. The molecule has 2 rings (SSSR count). The Bertz CT molecular complexity index is 733. The number of amides is 2. The maximum atomic E-state index is 11.9. The molecular weight excluding hydrogens is 505 g/mol. The minimum absolute atomic E-state index is 0.124. The van der Waals surface area contributed by atoms with Crippen LogP contribution in [0.5, 0.6) is 0 Å². The number of unbranched alkanes of at least 4 members (excludes halogenated alkanes) is 5. The molecule has 0 saturated carbocycles. The van der Waals surface area contributed by atoms with Crippen molar-refractivity contribution in [2.45, 2.75) is 61.4 Å². The number of nitrogens with zero attached hydrogens (tertiary/aromatic N) is 2. The van der Waals surface area contributed by atoms with Gasteiger partial charge in [0, 0.05) is 49.8 Å². The molecule has 0 fully saturated rings. The lowest BCUT2D eigenvalue weighted by molar-refractivity contribution is -0.121. The smallest absolute Gasteiger partial charge is 0.220 e. The van der Waals surface area contributed by atoms with Gasteiger partial charge in [-0.25, -0.2) is 9.97 Å². The summed E-state index contributed by atoms with van der Waals surface area (Å²) in [5.41, 5.74) is 0. The Hall–Kier alpha value is -1.36. The molecule has 0 unspecified atom stereocenters. The van der Waals surface area contributed by atoms with Crippen LogP contribution in [0.3, 0.4) is 0 Å². The first-order chi connectivity index (χ1) is 16.7. The summed E-state index contributed by atoms with van der Waals surface area (Å²) >= 11 is 0. The molecule has 0 radical (unpaired) electrons. The Labute approximate surface area is 219 Å². The number of carbonyl (C=O) groups excluding carboxylic acids is 2. The highest BCUT2D eigenvalue weighted by Crippen LogP contribution is 2.29. The quantitative estimate of drug-likeness (QED) is 0.166. The van der Waals surface area contributed by atoms with Gasteiger partial charge in [-0.05, 0) is 58.7 Å². The number of hydrogen-bond acceptors (Lipinski definition) is 8. The molecule has 2 aromatic heterocycles. The number of nitrogens with one attached hydrogen (secondary N) is 2. The van der Waals surface area contributed by atoms with Crippen LogP contribution in [0.4, 0.5) is 0 Å². The van der Waals surface area contributed by atoms with E-state index in [2.05, 4.69) is 20.6 Å². The van der Waals surface area contributed by atoms with Crippen molar-refractivity contribution in [1.82, 2.24) is 20.6 Å². The van der Waals surface area contributed by atoms with Gasteiger partial charge in [0.2, 0.25) is 11.8 Å². The van der Waals surface area contributed by atoms with Crippen molar-refractivity contribution in [3.63, 3.8) is 0 Å². The molecule has 0 spiro atoms. The summed E-state index contributed by atoms with van der Waals surface area (Å²) in [4.78, 5) is 32.2. The van der Waals surface area contributed by atoms with Gasteiger partial charge in [0.1, 0.15) is 10.1 Å². The Kier molecular flexibility index (Phi) is 16.9. The normalized spacial score (nSPS) is 10.7. The standard InChI is InChI=1S/C24H34N4O2S4/c29-21(13-19-31-33-23-11-5-9-17-27-23)25-15-7-3-1-2-4-8-16-26-22(30)14-20-32-34-24-12-6-10-18-28-24/h5-6,9-12,17-18H,1-4,7-8,13-16,19-20H2,(H,25,29)(H,26,30). The summed E-state index contributed by atoms with van der Waals surface area (Å²) in [5.74, 6) is 1.82. The number of rotatable bonds is 19. The van der Waals surface area contributed by atoms with E-state index in [0.29, 0.717) is 12.8 Å². The van der Waals surface area contributed by atoms with E-state index in [-0.39, 0.29) is 11.8 Å². The molecule has 186 valence electrons. The molecule has 10 heteroatoms. The molecule has 0 aliphatic rings. The topological polar surface area (TPSA) is 84.0 Å². The highest BCUT2D eigenvalue weighted by molar-refractivity contribution is 8.77. The van der Waals surface area contributed by atoms with Gasteiger partial charge in [-0.3, -0.25) is 9.59 Å². The molecule has 2 N–H and O–H groups in total. The van der Waals surface area contributed by atoms with Crippen molar-refractivity contribution in [3.8, 4) is 0 Å². The van der Waals surface area contributed by atoms with Crippen LogP contribution in [0.1, 0.15) is 51.4 Å². The largest absolute Gasteiger partial charge is 0.356 e. The van der Waals surface area contributed by atoms with Gasteiger partial charge >= 0.3 is 0 Å². The summed E-state index contributed by atoms with van der Waals surface area (Å²) in [6.45, 7) is 1.51. The minimum Gasteiger partial charge on any atom is -0.356 e. The van der Waals surface area contributed by atoms with Crippen LogP contribution in [-0.4, -0.2) is 46.4 Å². The van der Waals surface area contributed by atoms with Crippen LogP contribution >= 0.6 is 43.2 Å². The monoisotopic (exact) mass is 538 g/mol. The molecule has 2 heterocycles. The maximum Gasteiger partial charge on any atom is 0.220 e. The Balaban J connectivity index is 1.29. The van der Waals surface area contributed by atoms with E-state index in [1.165, 1.54) is 12.8 Å². The van der Waals surface area contributed by atoms with Gasteiger partial charge in [0.15, 0.2) is 0 Å². The van der Waals surface area contributed by atoms with E-state index >= 15 is 0 Å². The molecule has 0 aliphatic carbocycles. The van der Waals surface area contributed by atoms with Gasteiger partial charge in [-0.15, -0.1) is 0 Å². The zero-order valence-corrected chi connectivity index (χ0v) is 22.7. The highest BCUT2D eigenvalue weighted by Gasteiger charge is 2.03. The average Bonchev–Trinajstić information content (AvgIpc) is 2.87. The van der Waals surface area contributed by atoms with Crippen LogP contribution in [-0.2, 0) is 9.59 Å². The fourth-order valence-electron chi connectivity index (χ4n) is 2.86. The second kappa shape index (κ2) is 19.9. The van der Waals surface area contributed by atoms with Gasteiger partial charge in [0.25, 0.3) is 0 Å². The first kappa shape index (κ1) is 28.9. The van der Waals surface area contributed by atoms with E-state index in [9.17, 15) is 9.59 Å². The lowest BCUT2D eigenvalue weighted by Crippen LogP contribution is -2.24. The first-order valence-electron chi connectivity index (χ1n) is 11.7. The first-order valence-corrected chi connectivity index (χ1v) is 16.3. The molecule has 34 heavy (non-hydrogen) atoms. The van der Waals surface area contributed by atoms with E-state index in [1.807, 2.05) is 36.4 Å². The average molecular weight is 539 g/mol. The predicted octanol–water partition coefficient (Wildman–Crippen LogP) is 6.01. The fraction of sp³-hybridized carbons (Fsp3) is 0.500. The number of carbonyl (C=O) groups is 2. The molecule has 0 bridgehead atoms. The van der Waals surface area contributed by atoms with Gasteiger partial charge in [-0.1, -0.05) is 59.4 Å². The predicted molar refractivity (Wildman–Crippen MR) is 148 cm³/mol. The van der Waals surface area contributed by atoms with Crippen molar-refractivity contribution in [2.75, 3.05) is 24.6 Å². The van der Waals surface area contributed by atoms with Crippen molar-refractivity contribution >= 4 is 55.0 Å². The molecule has 2 aromatic rings. The fourth-order valence-corrected chi connectivity index (χ4v) is 6.59. The van der Waals surface area contributed by atoms with Crippen molar-refractivity contribution in [3.05, 3.63) is 48.8 Å². The number of pyridine rings is 2. The second-order valence-corrected chi connectivity index (χ2v) is 12.3. The summed E-state index contributed by atoms with van der Waals surface area (Å²) in [6, 6.07) is 11.7. The lowest BCUT2D eigenvalue weighted by atomic mass is 10.1. The Morgan fingerprint density at radius 3 is 1.50 bits per heavy atom. The summed E-state index contributed by atoms with van der Waals surface area (Å²) in [7, 11) is 6.54. The second-order valence-electron chi connectivity index (χ2n) is 7.47. The van der Waals surface area contributed by atoms with Crippen molar-refractivity contribution in [1.29, 1.82) is 0 Å². The molecule has 0 aliphatic heterocycles. The molecule has 6 nitrogen and oxygen atoms in total. The number of aromatic nitrogens is 2. The molecule has 0 saturated heterocycles. The van der Waals surface area contributed by atoms with Crippen LogP contribution in [0.25, 0.3) is 0 Å². The molecule has 2 amide bonds. The van der Waals surface area contributed by atoms with E-state index in [1.54, 1.807) is 55.6 Å². The van der Waals surface area contributed by atoms with Crippen LogP contribution in [0, 0.1) is 0 Å². The van der Waals surface area contributed by atoms with Crippen LogP contribution < -0.4 is 10.6 Å². The third-order valence-corrected chi connectivity index (χ3v) is 9.17. The van der Waals surface area contributed by atoms with E-state index < -0.39 is 0 Å². The summed E-state index contributed by atoms with van der Waals surface area (Å²) in [6.07, 6.45) is 11.3. The highest BCUT2D eigenvalue weighted by atomic mass is 33.1. The zero-order chi connectivity index (χ0) is 24.1. The Morgan fingerprint density at radius 1 is 0.647 bits per heavy atom. The maximum absolute atomic E-state index is 11.9. The molecular formula is C24H34N4O2S4. The van der Waals surface area contributed by atoms with Gasteiger partial charge in [0.05, 0.1) is 0 Å². The van der Waals surface area contributed by atoms with Crippen molar-refractivity contribution in [2.24, 2.45) is 0 Å². The zero-order valence-electron chi connectivity index (χ0n) is 19.4. The van der Waals surface area contributed by atoms with E-state index in [4.69, 9.17) is 0 Å². The van der Waals surface area contributed by atoms with Crippen molar-refractivity contribution < 1.29 is 9.59 Å². The SMILES string of the molecule is O=C(CCSSc1ccccn1)NCCCCCCCCNC(=O)CCSSc1ccccn1. The van der Waals surface area contributed by atoms with Crippen LogP contribution in [0.15, 0.2) is 58.8 Å². The van der Waals surface area contributed by atoms with E-state index in [0.717, 1.165) is 60.3 Å². The number of hydrogen-bond donors (Lipinski definition) is 2.